The fourth-order valence-corrected chi connectivity index (χ4v) is 1.79. The molecule has 1 aromatic heterocycles. The Morgan fingerprint density at radius 2 is 1.94 bits per heavy atom. The third-order valence-electron chi connectivity index (χ3n) is 2.69. The molecule has 92 valence electrons. The minimum atomic E-state index is -0.973. The molecule has 0 unspecified atom stereocenters. The highest BCUT2D eigenvalue weighted by Gasteiger charge is 2.13. The lowest BCUT2D eigenvalue weighted by Crippen LogP contribution is -1.95. The summed E-state index contributed by atoms with van der Waals surface area (Å²) in [5, 5.41) is 9.07. The van der Waals surface area contributed by atoms with E-state index in [2.05, 4.69) is 0 Å². The second-order valence-electron chi connectivity index (χ2n) is 4.13. The maximum Gasteiger partial charge on any atom is 0.339 e. The second kappa shape index (κ2) is 4.92. The number of hydrogen-bond donors (Lipinski definition) is 1. The van der Waals surface area contributed by atoms with Gasteiger partial charge in [0.05, 0.1) is 0 Å². The second-order valence-corrected chi connectivity index (χ2v) is 4.13. The Morgan fingerprint density at radius 1 is 1.28 bits per heavy atom. The van der Waals surface area contributed by atoms with Gasteiger partial charge < -0.3 is 9.52 Å². The van der Waals surface area contributed by atoms with Crippen molar-refractivity contribution in [1.82, 2.24) is 0 Å². The summed E-state index contributed by atoms with van der Waals surface area (Å²) in [7, 11) is 0. The first-order valence-electron chi connectivity index (χ1n) is 5.65. The third-order valence-corrected chi connectivity index (χ3v) is 2.69. The smallest absolute Gasteiger partial charge is 0.339 e. The molecule has 0 bridgehead atoms. The van der Waals surface area contributed by atoms with Gasteiger partial charge in [0.25, 0.3) is 0 Å². The Morgan fingerprint density at radius 3 is 2.56 bits per heavy atom. The van der Waals surface area contributed by atoms with Gasteiger partial charge in [-0.1, -0.05) is 30.3 Å². The summed E-state index contributed by atoms with van der Waals surface area (Å²) in [5.41, 5.74) is 2.21. The van der Waals surface area contributed by atoms with Crippen LogP contribution in [0.1, 0.15) is 34.4 Å². The molecule has 0 saturated heterocycles. The molecule has 1 aromatic carbocycles. The van der Waals surface area contributed by atoms with E-state index in [0.29, 0.717) is 11.5 Å². The van der Waals surface area contributed by atoms with E-state index in [1.807, 2.05) is 37.3 Å². The van der Waals surface area contributed by atoms with Gasteiger partial charge in [0.15, 0.2) is 0 Å². The van der Waals surface area contributed by atoms with Crippen LogP contribution >= 0.6 is 0 Å². The first-order chi connectivity index (χ1) is 8.58. The maximum absolute atomic E-state index is 11.1. The molecule has 0 fully saturated rings. The zero-order valence-electron chi connectivity index (χ0n) is 10.3. The standard InChI is InChI=1S/C15H14O3/c1-10(12-6-4-3-5-7-12)8-14-13(15(16)17)9-11(2)18-14/h3-9H,1-2H3,(H,16,17). The van der Waals surface area contributed by atoms with Gasteiger partial charge in [0, 0.05) is 0 Å². The van der Waals surface area contributed by atoms with E-state index < -0.39 is 5.97 Å². The average Bonchev–Trinajstić information content (AvgIpc) is 2.71. The number of furan rings is 1. The van der Waals surface area contributed by atoms with Crippen molar-refractivity contribution in [1.29, 1.82) is 0 Å². The fraction of sp³-hybridized carbons (Fsp3) is 0.133. The summed E-state index contributed by atoms with van der Waals surface area (Å²) < 4.78 is 5.41. The number of rotatable bonds is 3. The van der Waals surface area contributed by atoms with E-state index in [4.69, 9.17) is 9.52 Å². The van der Waals surface area contributed by atoms with Gasteiger partial charge in [-0.3, -0.25) is 0 Å². The quantitative estimate of drug-likeness (QED) is 0.889. The molecule has 2 rings (SSSR count). The molecule has 0 aliphatic carbocycles. The van der Waals surface area contributed by atoms with Gasteiger partial charge in [-0.15, -0.1) is 0 Å². The van der Waals surface area contributed by atoms with E-state index in [9.17, 15) is 4.79 Å². The van der Waals surface area contributed by atoms with Crippen molar-refractivity contribution in [3.8, 4) is 0 Å². The Bertz CT molecular complexity index is 591. The van der Waals surface area contributed by atoms with E-state index >= 15 is 0 Å². The minimum Gasteiger partial charge on any atom is -0.478 e. The van der Waals surface area contributed by atoms with Crippen LogP contribution < -0.4 is 0 Å². The molecule has 18 heavy (non-hydrogen) atoms. The van der Waals surface area contributed by atoms with Gasteiger partial charge in [-0.2, -0.15) is 0 Å². The highest BCUT2D eigenvalue weighted by molar-refractivity contribution is 5.93. The summed E-state index contributed by atoms with van der Waals surface area (Å²) in [6.07, 6.45) is 1.76. The van der Waals surface area contributed by atoms with Gasteiger partial charge >= 0.3 is 5.97 Å². The van der Waals surface area contributed by atoms with Crippen LogP contribution in [0.4, 0.5) is 0 Å². The number of allylic oxidation sites excluding steroid dienone is 1. The summed E-state index contributed by atoms with van der Waals surface area (Å²) in [4.78, 5) is 11.1. The molecule has 0 radical (unpaired) electrons. The van der Waals surface area contributed by atoms with Crippen LogP contribution in [0.3, 0.4) is 0 Å². The molecule has 0 saturated carbocycles. The Hall–Kier alpha value is -2.29. The third kappa shape index (κ3) is 2.51. The van der Waals surface area contributed by atoms with Crippen LogP contribution in [0.15, 0.2) is 40.8 Å². The van der Waals surface area contributed by atoms with Crippen LogP contribution in [0.25, 0.3) is 11.6 Å². The van der Waals surface area contributed by atoms with E-state index in [1.54, 1.807) is 13.0 Å². The Kier molecular flexibility index (Phi) is 3.33. The van der Waals surface area contributed by atoms with Gasteiger partial charge in [0.1, 0.15) is 17.1 Å². The van der Waals surface area contributed by atoms with Crippen molar-refractivity contribution >= 4 is 17.6 Å². The predicted octanol–water partition coefficient (Wildman–Crippen LogP) is 3.85. The van der Waals surface area contributed by atoms with Gasteiger partial charge in [0.2, 0.25) is 0 Å². The minimum absolute atomic E-state index is 0.197. The van der Waals surface area contributed by atoms with Crippen LogP contribution in [0, 0.1) is 6.92 Å². The molecular weight excluding hydrogens is 228 g/mol. The molecule has 1 N–H and O–H groups in total. The van der Waals surface area contributed by atoms with Crippen molar-refractivity contribution in [2.45, 2.75) is 13.8 Å². The molecule has 2 aromatic rings. The topological polar surface area (TPSA) is 50.4 Å². The number of carboxylic acid groups (broad SMARTS) is 1. The summed E-state index contributed by atoms with van der Waals surface area (Å²) in [6.45, 7) is 3.67. The van der Waals surface area contributed by atoms with Crippen molar-refractivity contribution in [3.63, 3.8) is 0 Å². The van der Waals surface area contributed by atoms with Crippen molar-refractivity contribution in [2.75, 3.05) is 0 Å². The number of benzene rings is 1. The molecule has 3 heteroatoms. The van der Waals surface area contributed by atoms with Crippen molar-refractivity contribution < 1.29 is 14.3 Å². The SMILES string of the molecule is CC(=Cc1oc(C)cc1C(=O)O)c1ccccc1. The molecule has 0 aliphatic heterocycles. The first-order valence-corrected chi connectivity index (χ1v) is 5.65. The number of aromatic carboxylic acids is 1. The van der Waals surface area contributed by atoms with Crippen molar-refractivity contribution in [2.24, 2.45) is 0 Å². The monoisotopic (exact) mass is 242 g/mol. The van der Waals surface area contributed by atoms with Crippen LogP contribution in [-0.2, 0) is 0 Å². The van der Waals surface area contributed by atoms with Crippen molar-refractivity contribution in [3.05, 3.63) is 59.0 Å². The van der Waals surface area contributed by atoms with E-state index in [0.717, 1.165) is 11.1 Å². The molecule has 1 heterocycles. The van der Waals surface area contributed by atoms with E-state index in [1.165, 1.54) is 6.07 Å². The fourth-order valence-electron chi connectivity index (χ4n) is 1.79. The van der Waals surface area contributed by atoms with E-state index in [-0.39, 0.29) is 5.56 Å². The lowest BCUT2D eigenvalue weighted by atomic mass is 10.1. The summed E-state index contributed by atoms with van der Waals surface area (Å²) in [5.74, 6) is 0.0137. The highest BCUT2D eigenvalue weighted by Crippen LogP contribution is 2.22. The lowest BCUT2D eigenvalue weighted by Gasteiger charge is -2.00. The van der Waals surface area contributed by atoms with Gasteiger partial charge in [-0.25, -0.2) is 4.79 Å². The molecule has 0 spiro atoms. The van der Waals surface area contributed by atoms with Gasteiger partial charge in [-0.05, 0) is 37.1 Å². The maximum atomic E-state index is 11.1. The normalized spacial score (nSPS) is 11.6. The predicted molar refractivity (Wildman–Crippen MR) is 70.4 cm³/mol. The molecule has 3 nitrogen and oxygen atoms in total. The highest BCUT2D eigenvalue weighted by atomic mass is 16.4. The Labute approximate surface area is 105 Å². The lowest BCUT2D eigenvalue weighted by molar-refractivity contribution is 0.0696. The molecular formula is C15H14O3. The largest absolute Gasteiger partial charge is 0.478 e. The number of carboxylic acids is 1. The summed E-state index contributed by atoms with van der Waals surface area (Å²) >= 11 is 0. The van der Waals surface area contributed by atoms with Crippen LogP contribution in [0.5, 0.6) is 0 Å². The summed E-state index contributed by atoms with van der Waals surface area (Å²) in [6, 6.07) is 11.3. The average molecular weight is 242 g/mol. The van der Waals surface area contributed by atoms with Crippen LogP contribution in [-0.4, -0.2) is 11.1 Å². The molecule has 0 aliphatic rings. The Balaban J connectivity index is 2.42. The number of hydrogen-bond acceptors (Lipinski definition) is 2. The zero-order chi connectivity index (χ0) is 13.1. The van der Waals surface area contributed by atoms with Crippen LogP contribution in [0.2, 0.25) is 0 Å². The zero-order valence-corrected chi connectivity index (χ0v) is 10.3. The number of carbonyl (C=O) groups is 1. The number of aryl methyl sites for hydroxylation is 1. The molecule has 0 amide bonds. The first kappa shape index (κ1) is 12.2. The molecule has 0 atom stereocenters.